The van der Waals surface area contributed by atoms with Gasteiger partial charge in [0.1, 0.15) is 6.04 Å². The van der Waals surface area contributed by atoms with Crippen LogP contribution in [-0.2, 0) is 11.0 Å². The van der Waals surface area contributed by atoms with E-state index in [1.807, 2.05) is 0 Å². The highest BCUT2D eigenvalue weighted by atomic mass is 19.4. The maximum Gasteiger partial charge on any atom is 0.417 e. The quantitative estimate of drug-likeness (QED) is 0.640. The van der Waals surface area contributed by atoms with Crippen LogP contribution in [-0.4, -0.2) is 43.3 Å². The fourth-order valence-corrected chi connectivity index (χ4v) is 4.02. The lowest BCUT2D eigenvalue weighted by Crippen LogP contribution is -2.51. The molecule has 2 fully saturated rings. The summed E-state index contributed by atoms with van der Waals surface area (Å²) >= 11 is 0. The predicted molar refractivity (Wildman–Crippen MR) is 94.3 cm³/mol. The number of carbonyl (C=O) groups excluding carboxylic acids is 1. The summed E-state index contributed by atoms with van der Waals surface area (Å²) in [4.78, 5) is 12.5. The number of hydrogen-bond donors (Lipinski definition) is 3. The normalized spacial score (nSPS) is 25.7. The van der Waals surface area contributed by atoms with Crippen molar-refractivity contribution in [2.45, 2.75) is 55.7 Å². The van der Waals surface area contributed by atoms with Gasteiger partial charge in [0.15, 0.2) is 0 Å². The molecule has 3 atom stereocenters. The minimum absolute atomic E-state index is 0.157. The van der Waals surface area contributed by atoms with Crippen LogP contribution in [0.2, 0.25) is 0 Å². The fraction of sp³-hybridized carbons (Fsp3) is 0.579. The summed E-state index contributed by atoms with van der Waals surface area (Å²) < 4.78 is 80.5. The highest BCUT2D eigenvalue weighted by molar-refractivity contribution is 5.82. The molecule has 2 heterocycles. The van der Waals surface area contributed by atoms with Crippen LogP contribution in [0.1, 0.15) is 41.9 Å². The van der Waals surface area contributed by atoms with Gasteiger partial charge >= 0.3 is 12.4 Å². The number of nitrogens with zero attached hydrogens (tertiary/aromatic N) is 1. The van der Waals surface area contributed by atoms with Crippen LogP contribution in [0.4, 0.5) is 26.3 Å². The number of rotatable bonds is 3. The Morgan fingerprint density at radius 3 is 2.37 bits per heavy atom. The van der Waals surface area contributed by atoms with E-state index in [0.717, 1.165) is 12.1 Å². The summed E-state index contributed by atoms with van der Waals surface area (Å²) in [6.45, 7) is 1.37. The Labute approximate surface area is 168 Å². The van der Waals surface area contributed by atoms with Crippen LogP contribution in [0.15, 0.2) is 18.2 Å². The number of carbonyl (C=O) groups is 1. The molecule has 0 radical (unpaired) electrons. The largest absolute Gasteiger partial charge is 0.417 e. The molecule has 3 N–H and O–H groups in total. The topological polar surface area (TPSA) is 77.0 Å². The van der Waals surface area contributed by atoms with Crippen LogP contribution < -0.4 is 16.0 Å². The summed E-state index contributed by atoms with van der Waals surface area (Å²) in [6.07, 6.45) is -8.65. The molecule has 0 saturated carbocycles. The summed E-state index contributed by atoms with van der Waals surface area (Å²) in [5.74, 6) is -1.98. The van der Waals surface area contributed by atoms with E-state index in [-0.39, 0.29) is 18.0 Å². The van der Waals surface area contributed by atoms with Crippen molar-refractivity contribution in [2.24, 2.45) is 0 Å². The Morgan fingerprint density at radius 1 is 1.13 bits per heavy atom. The number of alkyl halides is 6. The van der Waals surface area contributed by atoms with Gasteiger partial charge in [-0.25, -0.2) is 0 Å². The Bertz CT molecular complexity index is 826. The van der Waals surface area contributed by atoms with Gasteiger partial charge in [-0.05, 0) is 50.0 Å². The minimum atomic E-state index is -4.88. The zero-order valence-corrected chi connectivity index (χ0v) is 15.7. The fourth-order valence-electron chi connectivity index (χ4n) is 4.02. The maximum atomic E-state index is 13.6. The molecule has 0 bridgehead atoms. The third kappa shape index (κ3) is 4.87. The van der Waals surface area contributed by atoms with E-state index in [9.17, 15) is 31.1 Å². The predicted octanol–water partition coefficient (Wildman–Crippen LogP) is 2.82. The number of amides is 1. The number of benzene rings is 1. The molecule has 2 saturated heterocycles. The first-order valence-corrected chi connectivity index (χ1v) is 9.46. The first kappa shape index (κ1) is 22.4. The van der Waals surface area contributed by atoms with Crippen LogP contribution in [0.5, 0.6) is 0 Å². The first-order chi connectivity index (χ1) is 14.0. The SMILES string of the molecule is N#Cc1ccc(C2C[C@@H](C(=O)NC3CCNCC3)N[C@H]2C(F)(F)F)cc1C(F)(F)F. The van der Waals surface area contributed by atoms with Gasteiger partial charge < -0.3 is 10.6 Å². The molecule has 1 unspecified atom stereocenters. The van der Waals surface area contributed by atoms with Crippen molar-refractivity contribution in [3.8, 4) is 6.07 Å². The second kappa shape index (κ2) is 8.43. The second-order valence-corrected chi connectivity index (χ2v) is 7.53. The highest BCUT2D eigenvalue weighted by Gasteiger charge is 2.52. The molecule has 3 rings (SSSR count). The van der Waals surface area contributed by atoms with Gasteiger partial charge in [0.2, 0.25) is 5.91 Å². The third-order valence-electron chi connectivity index (χ3n) is 5.53. The lowest BCUT2D eigenvalue weighted by atomic mass is 9.88. The van der Waals surface area contributed by atoms with Gasteiger partial charge in [0, 0.05) is 12.0 Å². The van der Waals surface area contributed by atoms with Crippen LogP contribution >= 0.6 is 0 Å². The highest BCUT2D eigenvalue weighted by Crippen LogP contribution is 2.42. The van der Waals surface area contributed by atoms with Gasteiger partial charge in [-0.2, -0.15) is 31.6 Å². The number of nitriles is 1. The minimum Gasteiger partial charge on any atom is -0.352 e. The lowest BCUT2D eigenvalue weighted by Gasteiger charge is -2.25. The number of nitrogens with one attached hydrogen (secondary N) is 3. The average molecular weight is 434 g/mol. The monoisotopic (exact) mass is 434 g/mol. The van der Waals surface area contributed by atoms with Crippen molar-refractivity contribution in [3.63, 3.8) is 0 Å². The smallest absolute Gasteiger partial charge is 0.352 e. The van der Waals surface area contributed by atoms with E-state index in [1.54, 1.807) is 0 Å². The first-order valence-electron chi connectivity index (χ1n) is 9.46. The van der Waals surface area contributed by atoms with Gasteiger partial charge in [-0.3, -0.25) is 10.1 Å². The van der Waals surface area contributed by atoms with E-state index in [1.165, 1.54) is 6.07 Å². The van der Waals surface area contributed by atoms with Crippen molar-refractivity contribution < 1.29 is 31.1 Å². The standard InChI is InChI=1S/C19H20F6N4O/c20-18(21,22)14-7-10(1-2-11(14)9-26)13-8-15(29-16(13)19(23,24)25)17(30)28-12-3-5-27-6-4-12/h1-2,7,12-13,15-16,27,29H,3-6,8H2,(H,28,30)/t13?,15-,16+/m0/s1. The number of piperidine rings is 1. The second-order valence-electron chi connectivity index (χ2n) is 7.53. The molecule has 1 aromatic carbocycles. The molecule has 0 spiro atoms. The van der Waals surface area contributed by atoms with E-state index < -0.39 is 47.4 Å². The summed E-state index contributed by atoms with van der Waals surface area (Å²) in [5.41, 5.74) is -2.17. The molecule has 1 aromatic rings. The zero-order valence-electron chi connectivity index (χ0n) is 15.7. The molecule has 0 aliphatic carbocycles. The Balaban J connectivity index is 1.85. The van der Waals surface area contributed by atoms with E-state index >= 15 is 0 Å². The third-order valence-corrected chi connectivity index (χ3v) is 5.53. The Kier molecular flexibility index (Phi) is 6.29. The van der Waals surface area contributed by atoms with Crippen LogP contribution in [0.25, 0.3) is 0 Å². The summed E-state index contributed by atoms with van der Waals surface area (Å²) in [5, 5.41) is 17.0. The van der Waals surface area contributed by atoms with Crippen molar-refractivity contribution >= 4 is 5.91 Å². The molecule has 1 amide bonds. The Hall–Kier alpha value is -2.32. The molecule has 11 heteroatoms. The van der Waals surface area contributed by atoms with E-state index in [2.05, 4.69) is 16.0 Å². The number of hydrogen-bond acceptors (Lipinski definition) is 4. The van der Waals surface area contributed by atoms with E-state index in [4.69, 9.17) is 5.26 Å². The van der Waals surface area contributed by atoms with Crippen molar-refractivity contribution in [3.05, 3.63) is 34.9 Å². The van der Waals surface area contributed by atoms with Crippen LogP contribution in [0, 0.1) is 11.3 Å². The molecule has 30 heavy (non-hydrogen) atoms. The molecule has 2 aliphatic heterocycles. The maximum absolute atomic E-state index is 13.6. The lowest BCUT2D eigenvalue weighted by molar-refractivity contribution is -0.156. The molecular formula is C19H20F6N4O. The van der Waals surface area contributed by atoms with Gasteiger partial charge in [0.25, 0.3) is 0 Å². The van der Waals surface area contributed by atoms with E-state index in [0.29, 0.717) is 32.0 Å². The Morgan fingerprint density at radius 2 is 1.80 bits per heavy atom. The number of halogens is 6. The zero-order chi connectivity index (χ0) is 22.1. The molecule has 2 aliphatic rings. The molecule has 5 nitrogen and oxygen atoms in total. The molecule has 164 valence electrons. The van der Waals surface area contributed by atoms with Gasteiger partial charge in [-0.15, -0.1) is 0 Å². The summed E-state index contributed by atoms with van der Waals surface area (Å²) in [6, 6.07) is 0.438. The van der Waals surface area contributed by atoms with Crippen molar-refractivity contribution in [1.29, 1.82) is 5.26 Å². The van der Waals surface area contributed by atoms with Crippen LogP contribution in [0.3, 0.4) is 0 Å². The molecular weight excluding hydrogens is 414 g/mol. The van der Waals surface area contributed by atoms with Gasteiger partial charge in [-0.1, -0.05) is 6.07 Å². The molecule has 0 aromatic heterocycles. The van der Waals surface area contributed by atoms with Crippen molar-refractivity contribution in [1.82, 2.24) is 16.0 Å². The average Bonchev–Trinajstić information content (AvgIpc) is 3.14. The van der Waals surface area contributed by atoms with Crippen molar-refractivity contribution in [2.75, 3.05) is 13.1 Å². The van der Waals surface area contributed by atoms with Gasteiger partial charge in [0.05, 0.1) is 23.2 Å². The summed E-state index contributed by atoms with van der Waals surface area (Å²) in [7, 11) is 0.